The van der Waals surface area contributed by atoms with Gasteiger partial charge in [-0.3, -0.25) is 0 Å². The zero-order valence-corrected chi connectivity index (χ0v) is 29.7. The number of anilines is 1. The van der Waals surface area contributed by atoms with Gasteiger partial charge in [-0.1, -0.05) is 0 Å². The van der Waals surface area contributed by atoms with Gasteiger partial charge in [0.25, 0.3) is 0 Å². The molecular formula is C37H43ClIN5O. The number of alkyl halides is 3. The summed E-state index contributed by atoms with van der Waals surface area (Å²) in [5, 5.41) is 4.30. The Labute approximate surface area is 273 Å². The molecule has 1 aliphatic carbocycles. The van der Waals surface area contributed by atoms with Crippen LogP contribution >= 0.6 is 29.1 Å². The Hall–Kier alpha value is -3.27. The summed E-state index contributed by atoms with van der Waals surface area (Å²) >= 11 is 3.65. The maximum absolute atomic E-state index is 6.89. The van der Waals surface area contributed by atoms with Gasteiger partial charge in [0.2, 0.25) is 0 Å². The molecule has 236 valence electrons. The molecular weight excluding hydrogens is 693 g/mol. The van der Waals surface area contributed by atoms with Crippen molar-refractivity contribution in [3.63, 3.8) is 0 Å². The summed E-state index contributed by atoms with van der Waals surface area (Å²) < 4.78 is 9.69. The van der Waals surface area contributed by atoms with Crippen LogP contribution in [0.4, 0.5) is 5.69 Å². The van der Waals surface area contributed by atoms with Gasteiger partial charge in [-0.15, -0.1) is 0 Å². The van der Waals surface area contributed by atoms with E-state index in [1.54, 1.807) is 0 Å². The fraction of sp³-hybridized carbons (Fsp3) is 0.324. The molecule has 8 heteroatoms. The van der Waals surface area contributed by atoms with Gasteiger partial charge in [0.15, 0.2) is 0 Å². The Bertz CT molecular complexity index is 1810. The van der Waals surface area contributed by atoms with Crippen LogP contribution in [0.5, 0.6) is 0 Å². The van der Waals surface area contributed by atoms with E-state index in [0.29, 0.717) is 17.6 Å². The molecule has 2 aromatic heterocycles. The average Bonchev–Trinajstić information content (AvgIpc) is 3.98. The zero-order valence-electron chi connectivity index (χ0n) is 26.8. The number of nitrogens with zero attached hydrogens (tertiary/aromatic N) is 3. The van der Waals surface area contributed by atoms with E-state index in [4.69, 9.17) is 25.4 Å². The number of benzene rings is 2. The molecule has 0 amide bonds. The molecule has 3 N–H and O–H groups in total. The molecule has 1 atom stereocenters. The van der Waals surface area contributed by atoms with Gasteiger partial charge in [-0.2, -0.15) is 0 Å². The maximum atomic E-state index is 6.89. The summed E-state index contributed by atoms with van der Waals surface area (Å²) in [7, 11) is 0. The van der Waals surface area contributed by atoms with Gasteiger partial charge in [-0.25, -0.2) is 0 Å². The van der Waals surface area contributed by atoms with Crippen LogP contribution in [0.3, 0.4) is 0 Å². The first kappa shape index (κ1) is 31.7. The van der Waals surface area contributed by atoms with Crippen LogP contribution in [0.1, 0.15) is 64.9 Å². The van der Waals surface area contributed by atoms with Crippen molar-refractivity contribution in [3.05, 3.63) is 115 Å². The molecule has 6 nitrogen and oxygen atoms in total. The molecule has 0 spiro atoms. The number of nitrogen functional groups attached to an aromatic ring is 1. The Morgan fingerprint density at radius 3 is 2.58 bits per heavy atom. The third-order valence-electron chi connectivity index (χ3n) is 9.23. The van der Waals surface area contributed by atoms with Crippen molar-refractivity contribution in [2.24, 2.45) is 4.99 Å². The van der Waals surface area contributed by atoms with Crippen LogP contribution in [0.15, 0.2) is 72.4 Å². The van der Waals surface area contributed by atoms with Crippen LogP contribution in [-0.2, 0) is 3.07 Å². The second kappa shape index (κ2) is 12.2. The summed E-state index contributed by atoms with van der Waals surface area (Å²) in [6.45, 7) is 13.5. The molecule has 6 rings (SSSR count). The van der Waals surface area contributed by atoms with E-state index in [0.717, 1.165) is 78.2 Å². The molecule has 1 saturated heterocycles. The monoisotopic (exact) mass is 735 g/mol. The summed E-state index contributed by atoms with van der Waals surface area (Å²) in [6, 6.07) is 19.5. The summed E-state index contributed by atoms with van der Waals surface area (Å²) in [5.41, 5.74) is 16.9. The predicted octanol–water partition coefficient (Wildman–Crippen LogP) is 8.58. The molecule has 1 aliphatic heterocycles. The van der Waals surface area contributed by atoms with E-state index >= 15 is 0 Å². The molecule has 1 saturated carbocycles. The molecule has 45 heavy (non-hydrogen) atoms. The first-order valence-corrected chi connectivity index (χ1v) is 23.0. The molecule has 3 heterocycles. The van der Waals surface area contributed by atoms with E-state index in [1.807, 2.05) is 38.4 Å². The number of aryl methyl sites for hydroxylation is 2. The summed E-state index contributed by atoms with van der Waals surface area (Å²) in [6.07, 6.45) is 6.04. The fourth-order valence-electron chi connectivity index (χ4n) is 5.75. The number of aliphatic imine (C=N–C) groups is 1. The molecule has 1 unspecified atom stereocenters. The van der Waals surface area contributed by atoms with Crippen molar-refractivity contribution in [2.75, 3.05) is 26.3 Å². The molecule has 2 fully saturated rings. The second-order valence-electron chi connectivity index (χ2n) is 12.5. The Morgan fingerprint density at radius 2 is 1.91 bits per heavy atom. The van der Waals surface area contributed by atoms with Gasteiger partial charge >= 0.3 is 256 Å². The van der Waals surface area contributed by atoms with Crippen LogP contribution < -0.4 is 11.1 Å². The molecule has 4 aromatic rings. The van der Waals surface area contributed by atoms with E-state index in [2.05, 4.69) is 83.1 Å². The number of halogens is 2. The average molecular weight is 736 g/mol. The normalized spacial score (nSPS) is 18.2. The number of rotatable bonds is 11. The van der Waals surface area contributed by atoms with Gasteiger partial charge in [-0.05, 0) is 12.8 Å². The van der Waals surface area contributed by atoms with Gasteiger partial charge in [0, 0.05) is 0 Å². The topological polar surface area (TPSA) is 88.7 Å². The van der Waals surface area contributed by atoms with E-state index in [9.17, 15) is 0 Å². The van der Waals surface area contributed by atoms with Crippen LogP contribution in [0, 0.1) is 24.3 Å². The number of nitrogens with two attached hydrogens (primary N) is 1. The predicted molar refractivity (Wildman–Crippen MR) is 199 cm³/mol. The van der Waals surface area contributed by atoms with Gasteiger partial charge in [0.1, 0.15) is 0 Å². The number of nitrogens with one attached hydrogen (secondary N) is 1. The van der Waals surface area contributed by atoms with E-state index < -0.39 is 17.5 Å². The quantitative estimate of drug-likeness (QED) is 0.0530. The molecule has 2 aliphatic rings. The number of hydrogen-bond donors (Lipinski definition) is 2. The van der Waals surface area contributed by atoms with E-state index in [1.165, 1.54) is 9.13 Å². The number of hydrogen-bond acceptors (Lipinski definition) is 6. The molecule has 0 bridgehead atoms. The Kier molecular flexibility index (Phi) is 8.56. The van der Waals surface area contributed by atoms with Crippen molar-refractivity contribution in [3.8, 4) is 11.3 Å². The third kappa shape index (κ3) is 6.27. The van der Waals surface area contributed by atoms with E-state index in [-0.39, 0.29) is 5.92 Å². The minimum absolute atomic E-state index is 0.0492. The fourth-order valence-corrected chi connectivity index (χ4v) is 16.1. The van der Waals surface area contributed by atoms with Crippen LogP contribution in [0.2, 0.25) is 5.02 Å². The molecule has 2 aromatic carbocycles. The van der Waals surface area contributed by atoms with Crippen molar-refractivity contribution >= 4 is 46.7 Å². The summed E-state index contributed by atoms with van der Waals surface area (Å²) in [5.74, 6) is -0.0492. The first-order chi connectivity index (χ1) is 21.5. The first-order valence-electron chi connectivity index (χ1n) is 15.5. The zero-order chi connectivity index (χ0) is 32.0. The Morgan fingerprint density at radius 1 is 1.18 bits per heavy atom. The minimum atomic E-state index is -3.23. The number of aromatic nitrogens is 2. The van der Waals surface area contributed by atoms with Gasteiger partial charge in [0.05, 0.1) is 6.04 Å². The summed E-state index contributed by atoms with van der Waals surface area (Å²) in [4.78, 5) is 16.9. The van der Waals surface area contributed by atoms with Crippen molar-refractivity contribution in [1.29, 1.82) is 0 Å². The van der Waals surface area contributed by atoms with Crippen LogP contribution in [-0.4, -0.2) is 42.7 Å². The Balaban J connectivity index is 1.41. The standard InChI is InChI=1S/C37H43ClIN5O/c1-7-39(6,22-45-39)33-19-34(44-37(24(33)3)31-15-16-41-26(5)35(31)38)32(27-11-9-8-10-12-27)21-42-25(4)28-17-23(2)36(40)29(18-28)20-43-30-13-14-30/h8-12,15-20,30,32,42H,4,7,13-14,21-22,40H2,1-3,5-6H3. The van der Waals surface area contributed by atoms with Crippen molar-refractivity contribution < 1.29 is 3.07 Å². The van der Waals surface area contributed by atoms with Gasteiger partial charge < -0.3 is 0 Å². The third-order valence-corrected chi connectivity index (χ3v) is 21.5. The second-order valence-corrected chi connectivity index (χ2v) is 26.1. The van der Waals surface area contributed by atoms with Crippen molar-refractivity contribution in [1.82, 2.24) is 15.3 Å². The van der Waals surface area contributed by atoms with Crippen molar-refractivity contribution in [2.45, 2.75) is 52.5 Å². The SMILES string of the molecule is C=C(NCC(c1ccccc1)c1cc(I2(C)(CC)CO2)c(C)c(-c2ccnc(C)c2Cl)n1)c1cc(C)c(N)c(C=NC2CC2)c1. The van der Waals surface area contributed by atoms with Crippen LogP contribution in [0.25, 0.3) is 17.0 Å². The molecule has 0 radical (unpaired) electrons. The number of pyridine rings is 2.